The van der Waals surface area contributed by atoms with Crippen LogP contribution in [0.3, 0.4) is 0 Å². The highest BCUT2D eigenvalue weighted by atomic mass is 32.2. The van der Waals surface area contributed by atoms with Gasteiger partial charge < -0.3 is 5.32 Å². The van der Waals surface area contributed by atoms with Crippen LogP contribution in [0.2, 0.25) is 0 Å². The van der Waals surface area contributed by atoms with E-state index in [0.717, 1.165) is 24.2 Å². The lowest BCUT2D eigenvalue weighted by Gasteiger charge is -2.13. The number of hydrogen-bond acceptors (Lipinski definition) is 7. The van der Waals surface area contributed by atoms with Gasteiger partial charge in [0.15, 0.2) is 0 Å². The molecule has 2 aromatic heterocycles. The molecule has 2 aliphatic rings. The lowest BCUT2D eigenvalue weighted by molar-refractivity contribution is 0.307. The molecule has 2 fully saturated rings. The van der Waals surface area contributed by atoms with Gasteiger partial charge in [0.05, 0.1) is 17.6 Å². The molecule has 0 unspecified atom stereocenters. The Kier molecular flexibility index (Phi) is 11.1. The van der Waals surface area contributed by atoms with E-state index >= 15 is 0 Å². The standard InChI is InChI=1S/C11H16N2.C8H11NO3S.C4H9N/c1-10-5-4-6-11(12-10)9-13-7-2-3-8-13;1-7-4-3-5-8(9-7)6-12-13(2,10)11;1-2-4-5-3-1/h4-6H,2-3,7-9H2,1H3;3-5H,6H2,1-2H3;5H,1-4H2. The Morgan fingerprint density at radius 3 is 1.94 bits per heavy atom. The summed E-state index contributed by atoms with van der Waals surface area (Å²) in [4.78, 5) is 11.1. The Bertz CT molecular complexity index is 872. The fourth-order valence-corrected chi connectivity index (χ4v) is 3.66. The van der Waals surface area contributed by atoms with Crippen molar-refractivity contribution in [1.82, 2.24) is 20.2 Å². The summed E-state index contributed by atoms with van der Waals surface area (Å²) < 4.78 is 25.9. The first kappa shape index (κ1) is 25.4. The molecule has 1 N–H and O–H groups in total. The van der Waals surface area contributed by atoms with Crippen molar-refractivity contribution in [3.05, 3.63) is 59.2 Å². The SMILES string of the molecule is C1CCNC1.Cc1cccc(CN2CCCC2)n1.Cc1cccc(COS(C)(=O)=O)n1. The van der Waals surface area contributed by atoms with Gasteiger partial charge in [-0.05, 0) is 90.0 Å². The van der Waals surface area contributed by atoms with E-state index in [0.29, 0.717) is 5.69 Å². The first-order valence-corrected chi connectivity index (χ1v) is 12.8. The highest BCUT2D eigenvalue weighted by molar-refractivity contribution is 7.85. The van der Waals surface area contributed by atoms with Gasteiger partial charge in [-0.15, -0.1) is 0 Å². The first-order chi connectivity index (χ1) is 14.8. The van der Waals surface area contributed by atoms with Crippen molar-refractivity contribution in [2.24, 2.45) is 0 Å². The van der Waals surface area contributed by atoms with Crippen LogP contribution < -0.4 is 5.32 Å². The second kappa shape index (κ2) is 13.5. The molecule has 0 aliphatic carbocycles. The van der Waals surface area contributed by atoms with E-state index in [-0.39, 0.29) is 6.61 Å². The van der Waals surface area contributed by atoms with E-state index in [1.54, 1.807) is 6.07 Å². The lowest BCUT2D eigenvalue weighted by atomic mass is 10.3. The molecule has 2 aliphatic heterocycles. The van der Waals surface area contributed by atoms with Crippen molar-refractivity contribution in [2.75, 3.05) is 32.4 Å². The molecule has 0 amide bonds. The fourth-order valence-electron chi connectivity index (χ4n) is 3.33. The number of hydrogen-bond donors (Lipinski definition) is 1. The summed E-state index contributed by atoms with van der Waals surface area (Å²) in [6.07, 6.45) is 6.50. The zero-order chi connectivity index (χ0) is 22.5. The van der Waals surface area contributed by atoms with Crippen molar-refractivity contribution in [3.63, 3.8) is 0 Å². The second-order valence-electron chi connectivity index (χ2n) is 7.95. The van der Waals surface area contributed by atoms with Crippen molar-refractivity contribution in [2.45, 2.75) is 52.7 Å². The number of nitrogens with one attached hydrogen (secondary N) is 1. The molecule has 7 nitrogen and oxygen atoms in total. The van der Waals surface area contributed by atoms with Crippen LogP contribution in [0.1, 0.15) is 48.5 Å². The molecular weight excluding hydrogens is 412 g/mol. The van der Waals surface area contributed by atoms with Crippen LogP contribution in [0.5, 0.6) is 0 Å². The summed E-state index contributed by atoms with van der Waals surface area (Å²) in [5.41, 5.74) is 3.79. The van der Waals surface area contributed by atoms with Crippen LogP contribution in [0.4, 0.5) is 0 Å². The molecule has 0 bridgehead atoms. The first-order valence-electron chi connectivity index (χ1n) is 10.9. The molecule has 0 saturated carbocycles. The van der Waals surface area contributed by atoms with Crippen LogP contribution in [-0.4, -0.2) is 55.7 Å². The van der Waals surface area contributed by atoms with Gasteiger partial charge in [-0.1, -0.05) is 12.1 Å². The third-order valence-electron chi connectivity index (χ3n) is 4.85. The van der Waals surface area contributed by atoms with E-state index in [1.807, 2.05) is 32.0 Å². The topological polar surface area (TPSA) is 84.4 Å². The zero-order valence-corrected chi connectivity index (χ0v) is 19.8. The van der Waals surface area contributed by atoms with Crippen LogP contribution in [0.25, 0.3) is 0 Å². The summed E-state index contributed by atoms with van der Waals surface area (Å²) in [6.45, 7) is 9.91. The molecule has 2 saturated heterocycles. The Balaban J connectivity index is 0.000000181. The average Bonchev–Trinajstić information content (AvgIpc) is 3.44. The molecule has 0 spiro atoms. The maximum atomic E-state index is 10.6. The number of aromatic nitrogens is 2. The number of rotatable bonds is 5. The van der Waals surface area contributed by atoms with Gasteiger partial charge in [0.25, 0.3) is 10.1 Å². The summed E-state index contributed by atoms with van der Waals surface area (Å²) in [5.74, 6) is 0. The molecular formula is C23H36N4O3S. The zero-order valence-electron chi connectivity index (χ0n) is 19.0. The van der Waals surface area contributed by atoms with Gasteiger partial charge in [0.2, 0.25) is 0 Å². The van der Waals surface area contributed by atoms with Gasteiger partial charge in [-0.3, -0.25) is 19.1 Å². The monoisotopic (exact) mass is 448 g/mol. The quantitative estimate of drug-likeness (QED) is 0.703. The normalized spacial score (nSPS) is 16.2. The Hall–Kier alpha value is -1.87. The summed E-state index contributed by atoms with van der Waals surface area (Å²) in [6, 6.07) is 11.6. The predicted octanol–water partition coefficient (Wildman–Crippen LogP) is 3.22. The van der Waals surface area contributed by atoms with Crippen molar-refractivity contribution < 1.29 is 12.6 Å². The second-order valence-corrected chi connectivity index (χ2v) is 9.59. The minimum absolute atomic E-state index is 0.000509. The predicted molar refractivity (Wildman–Crippen MR) is 124 cm³/mol. The molecule has 172 valence electrons. The minimum atomic E-state index is -3.38. The average molecular weight is 449 g/mol. The third-order valence-corrected chi connectivity index (χ3v) is 5.40. The van der Waals surface area contributed by atoms with E-state index in [9.17, 15) is 8.42 Å². The molecule has 8 heteroatoms. The Labute approximate surface area is 187 Å². The van der Waals surface area contributed by atoms with Crippen LogP contribution in [0, 0.1) is 13.8 Å². The van der Waals surface area contributed by atoms with Gasteiger partial charge in [0, 0.05) is 17.9 Å². The maximum Gasteiger partial charge on any atom is 0.264 e. The number of likely N-dealkylation sites (tertiary alicyclic amines) is 1. The van der Waals surface area contributed by atoms with Crippen molar-refractivity contribution >= 4 is 10.1 Å². The Morgan fingerprint density at radius 2 is 1.45 bits per heavy atom. The summed E-state index contributed by atoms with van der Waals surface area (Å²) in [5, 5.41) is 3.22. The molecule has 2 aromatic rings. The summed E-state index contributed by atoms with van der Waals surface area (Å²) >= 11 is 0. The largest absolute Gasteiger partial charge is 0.317 e. The molecule has 4 rings (SSSR count). The van der Waals surface area contributed by atoms with Gasteiger partial charge in [-0.2, -0.15) is 8.42 Å². The smallest absolute Gasteiger partial charge is 0.264 e. The minimum Gasteiger partial charge on any atom is -0.317 e. The van der Waals surface area contributed by atoms with Crippen molar-refractivity contribution in [1.29, 1.82) is 0 Å². The number of pyridine rings is 2. The molecule has 0 radical (unpaired) electrons. The maximum absolute atomic E-state index is 10.6. The summed E-state index contributed by atoms with van der Waals surface area (Å²) in [7, 11) is -3.38. The third kappa shape index (κ3) is 11.9. The number of nitrogens with zero attached hydrogens (tertiary/aromatic N) is 3. The molecule has 31 heavy (non-hydrogen) atoms. The van der Waals surface area contributed by atoms with E-state index < -0.39 is 10.1 Å². The van der Waals surface area contributed by atoms with E-state index in [1.165, 1.54) is 57.6 Å². The van der Waals surface area contributed by atoms with Gasteiger partial charge in [-0.25, -0.2) is 0 Å². The van der Waals surface area contributed by atoms with Crippen LogP contribution in [-0.2, 0) is 27.5 Å². The number of aryl methyl sites for hydroxylation is 2. The lowest BCUT2D eigenvalue weighted by Crippen LogP contribution is -2.19. The molecule has 0 aromatic carbocycles. The van der Waals surface area contributed by atoms with Crippen LogP contribution >= 0.6 is 0 Å². The van der Waals surface area contributed by atoms with E-state index in [4.69, 9.17) is 0 Å². The van der Waals surface area contributed by atoms with E-state index in [2.05, 4.69) is 36.5 Å². The highest BCUT2D eigenvalue weighted by Gasteiger charge is 2.11. The van der Waals surface area contributed by atoms with Crippen molar-refractivity contribution in [3.8, 4) is 0 Å². The van der Waals surface area contributed by atoms with Gasteiger partial charge >= 0.3 is 0 Å². The Morgan fingerprint density at radius 1 is 0.903 bits per heavy atom. The van der Waals surface area contributed by atoms with Crippen LogP contribution in [0.15, 0.2) is 36.4 Å². The van der Waals surface area contributed by atoms with Gasteiger partial charge in [0.1, 0.15) is 6.61 Å². The molecule has 0 atom stereocenters. The highest BCUT2D eigenvalue weighted by Crippen LogP contribution is 2.11. The molecule has 4 heterocycles. The fraction of sp³-hybridized carbons (Fsp3) is 0.565.